The molecule has 1 N–H and O–H groups in total. The predicted octanol–water partition coefficient (Wildman–Crippen LogP) is 1.92. The molecule has 0 aliphatic carbocycles. The Morgan fingerprint density at radius 2 is 2.00 bits per heavy atom. The molecule has 5 heteroatoms. The monoisotopic (exact) mass is 270 g/mol. The Morgan fingerprint density at radius 3 is 2.44 bits per heavy atom. The van der Waals surface area contributed by atoms with Gasteiger partial charge in [0.05, 0.1) is 23.4 Å². The van der Waals surface area contributed by atoms with Gasteiger partial charge >= 0.3 is 0 Å². The maximum absolute atomic E-state index is 11.6. The first-order valence-electron chi connectivity index (χ1n) is 5.71. The molecule has 18 heavy (non-hydrogen) atoms. The maximum Gasteiger partial charge on any atom is 0.241 e. The van der Waals surface area contributed by atoms with E-state index in [-0.39, 0.29) is 12.5 Å². The van der Waals surface area contributed by atoms with Crippen LogP contribution in [0, 0.1) is 0 Å². The van der Waals surface area contributed by atoms with E-state index in [2.05, 4.69) is 0 Å². The highest BCUT2D eigenvalue weighted by molar-refractivity contribution is 6.33. The lowest BCUT2D eigenvalue weighted by Gasteiger charge is -2.22. The lowest BCUT2D eigenvalue weighted by molar-refractivity contribution is -0.127. The van der Waals surface area contributed by atoms with E-state index in [1.54, 1.807) is 32.0 Å². The van der Waals surface area contributed by atoms with Crippen molar-refractivity contribution in [1.29, 1.82) is 0 Å². The molecule has 1 atom stereocenters. The average molecular weight is 271 g/mol. The van der Waals surface area contributed by atoms with Crippen LogP contribution in [0.25, 0.3) is 0 Å². The van der Waals surface area contributed by atoms with Gasteiger partial charge in [-0.3, -0.25) is 4.79 Å². The van der Waals surface area contributed by atoms with Gasteiger partial charge in [0.1, 0.15) is 0 Å². The van der Waals surface area contributed by atoms with Gasteiger partial charge in [0.2, 0.25) is 5.91 Å². The number of likely N-dealkylation sites (N-methyl/N-ethyl adjacent to an activating group) is 2. The van der Waals surface area contributed by atoms with Crippen LogP contribution in [0.15, 0.2) is 18.2 Å². The van der Waals surface area contributed by atoms with Gasteiger partial charge in [-0.15, -0.1) is 0 Å². The Kier molecular flexibility index (Phi) is 4.99. The van der Waals surface area contributed by atoms with Gasteiger partial charge < -0.3 is 14.9 Å². The molecule has 1 aromatic rings. The molecule has 1 rings (SSSR count). The Balaban J connectivity index is 2.87. The Morgan fingerprint density at radius 1 is 1.39 bits per heavy atom. The zero-order chi connectivity index (χ0) is 13.9. The molecule has 0 saturated heterocycles. The van der Waals surface area contributed by atoms with Crippen molar-refractivity contribution in [3.63, 3.8) is 0 Å². The molecule has 0 unspecified atom stereocenters. The molecular formula is C13H19ClN2O2. The number of nitrogens with zero attached hydrogens (tertiary/aromatic N) is 2. The number of rotatable bonds is 4. The summed E-state index contributed by atoms with van der Waals surface area (Å²) in [6.07, 6.45) is -0.551. The summed E-state index contributed by atoms with van der Waals surface area (Å²) in [5, 5.41) is 9.99. The van der Waals surface area contributed by atoms with Gasteiger partial charge in [0, 0.05) is 21.1 Å². The SMILES string of the molecule is C[C@@H](O)c1ccc(N(C)CC(=O)N(C)C)c(Cl)c1. The van der Waals surface area contributed by atoms with Crippen LogP contribution in [0.2, 0.25) is 5.02 Å². The fraction of sp³-hybridized carbons (Fsp3) is 0.462. The lowest BCUT2D eigenvalue weighted by atomic mass is 10.1. The molecule has 1 aromatic carbocycles. The molecule has 0 aliphatic heterocycles. The van der Waals surface area contributed by atoms with Crippen molar-refractivity contribution in [2.45, 2.75) is 13.0 Å². The van der Waals surface area contributed by atoms with Crippen molar-refractivity contribution in [3.8, 4) is 0 Å². The molecule has 4 nitrogen and oxygen atoms in total. The zero-order valence-corrected chi connectivity index (χ0v) is 11.9. The summed E-state index contributed by atoms with van der Waals surface area (Å²) in [6, 6.07) is 5.34. The quantitative estimate of drug-likeness (QED) is 0.909. The highest BCUT2D eigenvalue weighted by Gasteiger charge is 2.13. The third-order valence-electron chi connectivity index (χ3n) is 2.74. The van der Waals surface area contributed by atoms with Crippen molar-refractivity contribution in [1.82, 2.24) is 4.90 Å². The van der Waals surface area contributed by atoms with Crippen molar-refractivity contribution in [2.24, 2.45) is 0 Å². The van der Waals surface area contributed by atoms with E-state index >= 15 is 0 Å². The van der Waals surface area contributed by atoms with Crippen LogP contribution >= 0.6 is 11.6 Å². The number of hydrogen-bond acceptors (Lipinski definition) is 3. The van der Waals surface area contributed by atoms with Gasteiger partial charge in [-0.25, -0.2) is 0 Å². The Hall–Kier alpha value is -1.26. The van der Waals surface area contributed by atoms with Crippen LogP contribution in [0.4, 0.5) is 5.69 Å². The van der Waals surface area contributed by atoms with E-state index in [0.29, 0.717) is 5.02 Å². The van der Waals surface area contributed by atoms with E-state index < -0.39 is 6.10 Å². The summed E-state index contributed by atoms with van der Waals surface area (Å²) in [5.41, 5.74) is 1.53. The van der Waals surface area contributed by atoms with Gasteiger partial charge in [-0.2, -0.15) is 0 Å². The van der Waals surface area contributed by atoms with Gasteiger partial charge in [0.25, 0.3) is 0 Å². The number of aliphatic hydroxyl groups is 1. The Labute approximate surface area is 113 Å². The number of carbonyl (C=O) groups excluding carboxylic acids is 1. The molecule has 0 bridgehead atoms. The van der Waals surface area contributed by atoms with Crippen LogP contribution in [0.1, 0.15) is 18.6 Å². The largest absolute Gasteiger partial charge is 0.389 e. The van der Waals surface area contributed by atoms with Crippen LogP contribution in [-0.2, 0) is 4.79 Å². The number of amides is 1. The van der Waals surface area contributed by atoms with E-state index in [9.17, 15) is 9.90 Å². The highest BCUT2D eigenvalue weighted by atomic mass is 35.5. The molecule has 0 aromatic heterocycles. The van der Waals surface area contributed by atoms with Crippen LogP contribution in [0.5, 0.6) is 0 Å². The number of carbonyl (C=O) groups is 1. The molecule has 0 radical (unpaired) electrons. The minimum atomic E-state index is -0.551. The molecule has 0 heterocycles. The van der Waals surface area contributed by atoms with Crippen molar-refractivity contribution in [3.05, 3.63) is 28.8 Å². The topological polar surface area (TPSA) is 43.8 Å². The summed E-state index contributed by atoms with van der Waals surface area (Å²) in [6.45, 7) is 1.95. The minimum Gasteiger partial charge on any atom is -0.389 e. The fourth-order valence-corrected chi connectivity index (χ4v) is 1.86. The van der Waals surface area contributed by atoms with E-state index in [4.69, 9.17) is 11.6 Å². The van der Waals surface area contributed by atoms with Crippen molar-refractivity contribution >= 4 is 23.2 Å². The van der Waals surface area contributed by atoms with Gasteiger partial charge in [-0.1, -0.05) is 17.7 Å². The zero-order valence-electron chi connectivity index (χ0n) is 11.1. The van der Waals surface area contributed by atoms with Crippen molar-refractivity contribution in [2.75, 3.05) is 32.6 Å². The Bertz CT molecular complexity index is 433. The van der Waals surface area contributed by atoms with Gasteiger partial charge in [0.15, 0.2) is 0 Å². The second-order valence-corrected chi connectivity index (χ2v) is 4.94. The number of anilines is 1. The first-order valence-corrected chi connectivity index (χ1v) is 6.09. The van der Waals surface area contributed by atoms with Crippen LogP contribution in [0.3, 0.4) is 0 Å². The summed E-state index contributed by atoms with van der Waals surface area (Å²) in [4.78, 5) is 14.9. The molecule has 0 saturated carbocycles. The molecule has 1 amide bonds. The first-order chi connectivity index (χ1) is 8.32. The van der Waals surface area contributed by atoms with E-state index in [1.165, 1.54) is 4.90 Å². The third kappa shape index (κ3) is 3.62. The summed E-state index contributed by atoms with van der Waals surface area (Å²) < 4.78 is 0. The predicted molar refractivity (Wildman–Crippen MR) is 74.0 cm³/mol. The number of hydrogen-bond donors (Lipinski definition) is 1. The third-order valence-corrected chi connectivity index (χ3v) is 3.04. The van der Waals surface area contributed by atoms with Crippen molar-refractivity contribution < 1.29 is 9.90 Å². The standard InChI is InChI=1S/C13H19ClN2O2/c1-9(17)10-5-6-12(11(14)7-10)16(4)8-13(18)15(2)3/h5-7,9,17H,8H2,1-4H3/t9-/m1/s1. The molecule has 0 aliphatic rings. The number of benzene rings is 1. The average Bonchev–Trinajstić information content (AvgIpc) is 2.28. The normalized spacial score (nSPS) is 12.1. The first kappa shape index (κ1) is 14.8. The van der Waals surface area contributed by atoms with E-state index in [0.717, 1.165) is 11.3 Å². The summed E-state index contributed by atoms with van der Waals surface area (Å²) in [7, 11) is 5.24. The minimum absolute atomic E-state index is 0.00756. The summed E-state index contributed by atoms with van der Waals surface area (Å²) >= 11 is 6.15. The maximum atomic E-state index is 11.6. The molecule has 0 fully saturated rings. The van der Waals surface area contributed by atoms with Crippen LogP contribution < -0.4 is 4.90 Å². The fourth-order valence-electron chi connectivity index (χ4n) is 1.52. The summed E-state index contributed by atoms with van der Waals surface area (Å²) in [5.74, 6) is 0.00756. The molecule has 0 spiro atoms. The second-order valence-electron chi connectivity index (χ2n) is 4.53. The highest BCUT2D eigenvalue weighted by Crippen LogP contribution is 2.28. The number of aliphatic hydroxyl groups excluding tert-OH is 1. The lowest BCUT2D eigenvalue weighted by Crippen LogP contribution is -2.34. The second kappa shape index (κ2) is 6.07. The van der Waals surface area contributed by atoms with Crippen LogP contribution in [-0.4, -0.2) is 43.6 Å². The van der Waals surface area contributed by atoms with E-state index in [1.807, 2.05) is 19.2 Å². The molecular weight excluding hydrogens is 252 g/mol. The van der Waals surface area contributed by atoms with Gasteiger partial charge in [-0.05, 0) is 24.6 Å². The molecule has 100 valence electrons. The number of halogens is 1. The smallest absolute Gasteiger partial charge is 0.241 e.